The molecular weight excluding hydrogens is 180 g/mol. The van der Waals surface area contributed by atoms with Gasteiger partial charge in [0.1, 0.15) is 6.54 Å². The number of nitriles is 1. The highest BCUT2D eigenvalue weighted by atomic mass is 19.3. The normalized spacial score (nSPS) is 11.2. The Morgan fingerprint density at radius 3 is 2.85 bits per heavy atom. The summed E-state index contributed by atoms with van der Waals surface area (Å²) in [6, 6.07) is 1.79. The van der Waals surface area contributed by atoms with Crippen molar-refractivity contribution in [3.05, 3.63) is 5.82 Å². The quantitative estimate of drug-likeness (QED) is 0.686. The van der Waals surface area contributed by atoms with Crippen molar-refractivity contribution >= 4 is 0 Å². The molecule has 13 heavy (non-hydrogen) atoms. The van der Waals surface area contributed by atoms with Crippen LogP contribution in [0.1, 0.15) is 12.7 Å². The topological polar surface area (TPSA) is 67.4 Å². The first-order chi connectivity index (χ1) is 6.03. The lowest BCUT2D eigenvalue weighted by atomic mass is 10.3. The van der Waals surface area contributed by atoms with Gasteiger partial charge in [-0.25, -0.2) is 13.5 Å². The van der Waals surface area contributed by atoms with E-state index in [2.05, 4.69) is 15.5 Å². The van der Waals surface area contributed by atoms with Crippen molar-refractivity contribution in [3.63, 3.8) is 0 Å². The molecule has 0 N–H and O–H groups in total. The maximum Gasteiger partial charge on any atom is 0.264 e. The van der Waals surface area contributed by atoms with E-state index in [4.69, 9.17) is 5.26 Å². The lowest BCUT2D eigenvalue weighted by Crippen LogP contribution is -2.21. The fraction of sp³-hybridized carbons (Fsp3) is 0.667. The van der Waals surface area contributed by atoms with Gasteiger partial charge in [-0.1, -0.05) is 0 Å². The molecule has 0 spiro atoms. The number of rotatable bonds is 3. The molecule has 0 bridgehead atoms. The molecule has 5 nitrogen and oxygen atoms in total. The lowest BCUT2D eigenvalue weighted by Gasteiger charge is -2.09. The summed E-state index contributed by atoms with van der Waals surface area (Å²) < 4.78 is 25.9. The van der Waals surface area contributed by atoms with Crippen LogP contribution in [0.25, 0.3) is 0 Å². The molecule has 0 radical (unpaired) electrons. The van der Waals surface area contributed by atoms with Crippen LogP contribution in [0.3, 0.4) is 0 Å². The van der Waals surface area contributed by atoms with Gasteiger partial charge in [-0.3, -0.25) is 0 Å². The van der Waals surface area contributed by atoms with Crippen LogP contribution >= 0.6 is 0 Å². The van der Waals surface area contributed by atoms with Gasteiger partial charge in [-0.05, 0) is 10.4 Å². The van der Waals surface area contributed by atoms with Crippen LogP contribution in [0.5, 0.6) is 0 Å². The minimum absolute atomic E-state index is 0.0664. The van der Waals surface area contributed by atoms with Gasteiger partial charge < -0.3 is 0 Å². The van der Waals surface area contributed by atoms with Gasteiger partial charge in [0.2, 0.25) is 0 Å². The maximum atomic E-state index is 12.5. The van der Waals surface area contributed by atoms with Crippen LogP contribution in [-0.4, -0.2) is 26.1 Å². The summed E-state index contributed by atoms with van der Waals surface area (Å²) in [4.78, 5) is 0. The van der Waals surface area contributed by atoms with E-state index in [0.29, 0.717) is 0 Å². The molecule has 0 aromatic carbocycles. The first-order valence-corrected chi connectivity index (χ1v) is 3.53. The molecule has 0 amide bonds. The highest BCUT2D eigenvalue weighted by Crippen LogP contribution is 2.14. The number of hydrogen-bond acceptors (Lipinski definition) is 4. The molecule has 0 aliphatic carbocycles. The third-order valence-electron chi connectivity index (χ3n) is 1.27. The van der Waals surface area contributed by atoms with E-state index >= 15 is 0 Å². The van der Waals surface area contributed by atoms with Crippen molar-refractivity contribution in [1.82, 2.24) is 20.2 Å². The van der Waals surface area contributed by atoms with Crippen LogP contribution in [0.15, 0.2) is 0 Å². The van der Waals surface area contributed by atoms with Gasteiger partial charge >= 0.3 is 0 Å². The summed E-state index contributed by atoms with van der Waals surface area (Å²) in [5, 5.41) is 18.3. The summed E-state index contributed by atoms with van der Waals surface area (Å²) >= 11 is 0. The summed E-state index contributed by atoms with van der Waals surface area (Å²) in [6.07, 6.45) is -0.0664. The van der Waals surface area contributed by atoms with E-state index in [1.165, 1.54) is 0 Å². The molecule has 0 atom stereocenters. The third-order valence-corrected chi connectivity index (χ3v) is 1.27. The van der Waals surface area contributed by atoms with Gasteiger partial charge in [0.15, 0.2) is 5.82 Å². The Bertz CT molecular complexity index is 321. The average Bonchev–Trinajstić information content (AvgIpc) is 2.34. The predicted molar refractivity (Wildman–Crippen MR) is 37.8 cm³/mol. The molecule has 0 aliphatic heterocycles. The van der Waals surface area contributed by atoms with Crippen LogP contribution in [0.4, 0.5) is 8.78 Å². The summed E-state index contributed by atoms with van der Waals surface area (Å²) in [5.74, 6) is -2.72. The number of alkyl halides is 2. The molecule has 7 heteroatoms. The summed E-state index contributed by atoms with van der Waals surface area (Å²) in [7, 11) is 0. The van der Waals surface area contributed by atoms with E-state index in [1.807, 2.05) is 0 Å². The highest BCUT2D eigenvalue weighted by molar-refractivity contribution is 4.92. The van der Waals surface area contributed by atoms with Gasteiger partial charge in [-0.2, -0.15) is 5.26 Å². The Hall–Kier alpha value is -1.58. The third kappa shape index (κ3) is 2.74. The molecule has 70 valence electrons. The SMILES string of the molecule is CC(F)(F)Cn1nnnc1CC#N. The number of nitrogens with zero attached hydrogens (tertiary/aromatic N) is 5. The number of hydrogen-bond donors (Lipinski definition) is 0. The Labute approximate surface area is 73.0 Å². The zero-order valence-electron chi connectivity index (χ0n) is 6.91. The number of tetrazole rings is 1. The van der Waals surface area contributed by atoms with Crippen molar-refractivity contribution in [1.29, 1.82) is 5.26 Å². The highest BCUT2D eigenvalue weighted by Gasteiger charge is 2.24. The second kappa shape index (κ2) is 3.43. The zero-order valence-corrected chi connectivity index (χ0v) is 6.91. The minimum atomic E-state index is -2.88. The lowest BCUT2D eigenvalue weighted by molar-refractivity contribution is -0.000649. The molecule has 0 unspecified atom stereocenters. The van der Waals surface area contributed by atoms with E-state index in [1.54, 1.807) is 6.07 Å². The van der Waals surface area contributed by atoms with E-state index < -0.39 is 12.5 Å². The Morgan fingerprint density at radius 2 is 2.31 bits per heavy atom. The van der Waals surface area contributed by atoms with Crippen molar-refractivity contribution in [3.8, 4) is 6.07 Å². The Kier molecular flexibility index (Phi) is 2.51. The molecule has 0 saturated carbocycles. The largest absolute Gasteiger partial charge is 0.264 e. The first kappa shape index (κ1) is 9.51. The standard InChI is InChI=1S/C6H7F2N5/c1-6(7,8)4-13-5(2-3-9)10-11-12-13/h2,4H2,1H3. The molecular formula is C6H7F2N5. The summed E-state index contributed by atoms with van der Waals surface area (Å²) in [5.41, 5.74) is 0. The van der Waals surface area contributed by atoms with Crippen molar-refractivity contribution in [2.75, 3.05) is 0 Å². The first-order valence-electron chi connectivity index (χ1n) is 3.53. The van der Waals surface area contributed by atoms with Crippen molar-refractivity contribution in [2.45, 2.75) is 25.8 Å². The van der Waals surface area contributed by atoms with Gasteiger partial charge in [0.05, 0.1) is 12.5 Å². The van der Waals surface area contributed by atoms with E-state index in [9.17, 15) is 8.78 Å². The second-order valence-electron chi connectivity index (χ2n) is 2.66. The van der Waals surface area contributed by atoms with Crippen LogP contribution in [0.2, 0.25) is 0 Å². The molecule has 1 aromatic heterocycles. The van der Waals surface area contributed by atoms with E-state index in [-0.39, 0.29) is 12.2 Å². The summed E-state index contributed by atoms with van der Waals surface area (Å²) in [6.45, 7) is 0.168. The average molecular weight is 187 g/mol. The van der Waals surface area contributed by atoms with E-state index in [0.717, 1.165) is 11.6 Å². The van der Waals surface area contributed by atoms with Gasteiger partial charge in [-0.15, -0.1) is 5.10 Å². The molecule has 0 fully saturated rings. The number of halogens is 2. The fourth-order valence-electron chi connectivity index (χ4n) is 0.806. The molecule has 0 aliphatic rings. The van der Waals surface area contributed by atoms with Crippen molar-refractivity contribution in [2.24, 2.45) is 0 Å². The molecule has 1 aromatic rings. The van der Waals surface area contributed by atoms with Gasteiger partial charge in [0, 0.05) is 6.92 Å². The molecule has 0 saturated heterocycles. The van der Waals surface area contributed by atoms with Gasteiger partial charge in [0.25, 0.3) is 5.92 Å². The van der Waals surface area contributed by atoms with Crippen LogP contribution in [0, 0.1) is 11.3 Å². The molecule has 1 rings (SSSR count). The maximum absolute atomic E-state index is 12.5. The number of aromatic nitrogens is 4. The zero-order chi connectivity index (χ0) is 9.90. The van der Waals surface area contributed by atoms with Crippen LogP contribution in [-0.2, 0) is 13.0 Å². The predicted octanol–water partition coefficient (Wildman–Crippen LogP) is 0.394. The monoisotopic (exact) mass is 187 g/mol. The fourth-order valence-corrected chi connectivity index (χ4v) is 0.806. The molecule has 1 heterocycles. The Balaban J connectivity index is 2.78. The Morgan fingerprint density at radius 1 is 1.62 bits per heavy atom. The van der Waals surface area contributed by atoms with Crippen LogP contribution < -0.4 is 0 Å². The minimum Gasteiger partial charge on any atom is -0.222 e. The second-order valence-corrected chi connectivity index (χ2v) is 2.66. The van der Waals surface area contributed by atoms with Crippen molar-refractivity contribution < 1.29 is 8.78 Å². The smallest absolute Gasteiger partial charge is 0.222 e.